The summed E-state index contributed by atoms with van der Waals surface area (Å²) in [6, 6.07) is 0. The zero-order chi connectivity index (χ0) is 48.7. The van der Waals surface area contributed by atoms with Gasteiger partial charge in [-0.1, -0.05) is 187 Å². The van der Waals surface area contributed by atoms with Crippen LogP contribution in [0.2, 0.25) is 0 Å². The Morgan fingerprint density at radius 2 is 0.881 bits per heavy atom. The van der Waals surface area contributed by atoms with Gasteiger partial charge in [-0.25, -0.2) is 0 Å². The number of aliphatic hydroxyl groups excluding tert-OH is 7. The zero-order valence-corrected chi connectivity index (χ0v) is 42.2. The van der Waals surface area contributed by atoms with Crippen molar-refractivity contribution >= 4 is 5.97 Å². The molecule has 0 saturated carbocycles. The summed E-state index contributed by atoms with van der Waals surface area (Å²) in [6.07, 6.45) is 27.0. The van der Waals surface area contributed by atoms with Crippen molar-refractivity contribution in [3.8, 4) is 0 Å². The molecule has 2 heterocycles. The molecule has 2 aliphatic rings. The van der Waals surface area contributed by atoms with Crippen molar-refractivity contribution < 1.29 is 69.0 Å². The van der Waals surface area contributed by atoms with Crippen molar-refractivity contribution in [3.63, 3.8) is 0 Å². The molecule has 11 unspecified atom stereocenters. The SMILES string of the molecule is CCCCCCCCC/C=C\CCCCCCCC(=O)OC(COCCCCCCCCCCCCCCCCCCC)COC1OC(COC2OC(CO)C(O)C(O)C2O)C(O)C(O)C1O. The van der Waals surface area contributed by atoms with Crippen LogP contribution in [0.4, 0.5) is 0 Å². The van der Waals surface area contributed by atoms with Gasteiger partial charge in [-0.2, -0.15) is 0 Å². The number of carbonyl (C=O) groups excluding carboxylic acids is 1. The van der Waals surface area contributed by atoms with Gasteiger partial charge in [0.25, 0.3) is 0 Å². The van der Waals surface area contributed by atoms with E-state index in [1.54, 1.807) is 0 Å². The molecule has 14 heteroatoms. The summed E-state index contributed by atoms with van der Waals surface area (Å²) in [4.78, 5) is 13.0. The molecule has 0 aromatic rings. The summed E-state index contributed by atoms with van der Waals surface area (Å²) in [5, 5.41) is 72.2. The van der Waals surface area contributed by atoms with Gasteiger partial charge in [0.05, 0.1) is 26.4 Å². The Morgan fingerprint density at radius 1 is 0.478 bits per heavy atom. The predicted octanol–water partition coefficient (Wildman–Crippen LogP) is 8.63. The third-order valence-electron chi connectivity index (χ3n) is 13.3. The largest absolute Gasteiger partial charge is 0.457 e. The van der Waals surface area contributed by atoms with Crippen LogP contribution in [0.25, 0.3) is 0 Å². The highest BCUT2D eigenvalue weighted by molar-refractivity contribution is 5.69. The van der Waals surface area contributed by atoms with Crippen LogP contribution in [0.5, 0.6) is 0 Å². The second-order valence-electron chi connectivity index (χ2n) is 19.4. The van der Waals surface area contributed by atoms with Crippen molar-refractivity contribution in [1.29, 1.82) is 0 Å². The van der Waals surface area contributed by atoms with Crippen molar-refractivity contribution in [2.24, 2.45) is 0 Å². The molecule has 0 aromatic heterocycles. The smallest absolute Gasteiger partial charge is 0.306 e. The number of ether oxygens (including phenoxy) is 6. The van der Waals surface area contributed by atoms with Crippen LogP contribution in [-0.4, -0.2) is 142 Å². The number of hydrogen-bond acceptors (Lipinski definition) is 14. The van der Waals surface area contributed by atoms with E-state index >= 15 is 0 Å². The highest BCUT2D eigenvalue weighted by Gasteiger charge is 2.47. The third kappa shape index (κ3) is 29.0. The van der Waals surface area contributed by atoms with Crippen LogP contribution in [0.15, 0.2) is 12.2 Å². The molecule has 0 aromatic carbocycles. The van der Waals surface area contributed by atoms with Gasteiger partial charge in [0.1, 0.15) is 54.9 Å². The molecule has 11 atom stereocenters. The number of aliphatic hydroxyl groups is 7. The summed E-state index contributed by atoms with van der Waals surface area (Å²) in [5.74, 6) is -0.380. The molecule has 0 radical (unpaired) electrons. The standard InChI is InChI=1S/C53H100O14/c1-3-5-7-9-11-13-15-17-19-21-23-25-27-29-31-33-35-37-62-39-42(65-45(55)36-34-32-30-28-26-24-22-20-18-16-14-12-10-8-6-4-2)40-63-52-51(61)49(59)47(57)44(67-52)41-64-53-50(60)48(58)46(56)43(38-54)66-53/h20,22,42-44,46-54,56-61H,3-19,21,23-41H2,1-2H3/b22-20-. The monoisotopic (exact) mass is 961 g/mol. The van der Waals surface area contributed by atoms with Gasteiger partial charge >= 0.3 is 5.97 Å². The van der Waals surface area contributed by atoms with Gasteiger partial charge in [-0.15, -0.1) is 0 Å². The number of unbranched alkanes of at least 4 members (excludes halogenated alkanes) is 28. The minimum Gasteiger partial charge on any atom is -0.457 e. The number of rotatable bonds is 44. The summed E-state index contributed by atoms with van der Waals surface area (Å²) in [7, 11) is 0. The number of hydrogen-bond donors (Lipinski definition) is 7. The fourth-order valence-corrected chi connectivity index (χ4v) is 8.81. The summed E-state index contributed by atoms with van der Waals surface area (Å²) in [5.41, 5.74) is 0. The minimum absolute atomic E-state index is 0.0642. The Balaban J connectivity index is 1.75. The van der Waals surface area contributed by atoms with E-state index in [1.165, 1.54) is 135 Å². The highest BCUT2D eigenvalue weighted by atomic mass is 16.7. The molecular weight excluding hydrogens is 861 g/mol. The Labute approximate surface area is 405 Å². The molecular formula is C53H100O14. The lowest BCUT2D eigenvalue weighted by atomic mass is 9.98. The second-order valence-corrected chi connectivity index (χ2v) is 19.4. The Bertz CT molecular complexity index is 1160. The molecule has 2 saturated heterocycles. The van der Waals surface area contributed by atoms with Gasteiger partial charge in [0.15, 0.2) is 12.6 Å². The summed E-state index contributed by atoms with van der Waals surface area (Å²) >= 11 is 0. The van der Waals surface area contributed by atoms with Crippen LogP contribution in [-0.2, 0) is 33.2 Å². The first-order valence-corrected chi connectivity index (χ1v) is 27.3. The molecule has 14 nitrogen and oxygen atoms in total. The van der Waals surface area contributed by atoms with Gasteiger partial charge in [0, 0.05) is 13.0 Å². The summed E-state index contributed by atoms with van der Waals surface area (Å²) in [6.45, 7) is 3.72. The van der Waals surface area contributed by atoms with Crippen LogP contribution in [0.1, 0.15) is 219 Å². The first kappa shape index (κ1) is 61.8. The highest BCUT2D eigenvalue weighted by Crippen LogP contribution is 2.27. The maximum absolute atomic E-state index is 13.0. The van der Waals surface area contributed by atoms with E-state index in [2.05, 4.69) is 26.0 Å². The fraction of sp³-hybridized carbons (Fsp3) is 0.943. The molecule has 2 rings (SSSR count). The molecule has 2 aliphatic heterocycles. The van der Waals surface area contributed by atoms with E-state index in [4.69, 9.17) is 28.4 Å². The molecule has 67 heavy (non-hydrogen) atoms. The molecule has 2 fully saturated rings. The lowest BCUT2D eigenvalue weighted by Crippen LogP contribution is -2.61. The van der Waals surface area contributed by atoms with E-state index in [9.17, 15) is 40.5 Å². The van der Waals surface area contributed by atoms with E-state index < -0.39 is 80.7 Å². The predicted molar refractivity (Wildman–Crippen MR) is 261 cm³/mol. The molecule has 0 spiro atoms. The number of esters is 1. The maximum Gasteiger partial charge on any atom is 0.306 e. The van der Waals surface area contributed by atoms with Crippen molar-refractivity contribution in [1.82, 2.24) is 0 Å². The second kappa shape index (κ2) is 41.4. The van der Waals surface area contributed by atoms with E-state index in [0.717, 1.165) is 57.8 Å². The first-order chi connectivity index (χ1) is 32.6. The Hall–Kier alpha value is -1.27. The molecule has 7 N–H and O–H groups in total. The molecule has 0 bridgehead atoms. The molecule has 0 amide bonds. The lowest BCUT2D eigenvalue weighted by Gasteiger charge is -2.42. The van der Waals surface area contributed by atoms with Gasteiger partial charge in [-0.3, -0.25) is 4.79 Å². The van der Waals surface area contributed by atoms with E-state index in [-0.39, 0.29) is 25.6 Å². The normalized spacial score (nSPS) is 26.1. The van der Waals surface area contributed by atoms with E-state index in [1.807, 2.05) is 0 Å². The Kier molecular flexibility index (Phi) is 38.2. The van der Waals surface area contributed by atoms with Gasteiger partial charge in [0.2, 0.25) is 0 Å². The third-order valence-corrected chi connectivity index (χ3v) is 13.3. The lowest BCUT2D eigenvalue weighted by molar-refractivity contribution is -0.332. The number of allylic oxidation sites excluding steroid dienone is 2. The van der Waals surface area contributed by atoms with Crippen LogP contribution >= 0.6 is 0 Å². The van der Waals surface area contributed by atoms with Gasteiger partial charge < -0.3 is 64.2 Å². The zero-order valence-electron chi connectivity index (χ0n) is 42.2. The minimum atomic E-state index is -1.70. The summed E-state index contributed by atoms with van der Waals surface area (Å²) < 4.78 is 34.3. The quantitative estimate of drug-likeness (QED) is 0.0173. The van der Waals surface area contributed by atoms with Crippen LogP contribution in [0, 0.1) is 0 Å². The first-order valence-electron chi connectivity index (χ1n) is 27.3. The van der Waals surface area contributed by atoms with Crippen molar-refractivity contribution in [2.75, 3.05) is 33.0 Å². The Morgan fingerprint density at radius 3 is 1.36 bits per heavy atom. The van der Waals surface area contributed by atoms with E-state index in [0.29, 0.717) is 13.0 Å². The van der Waals surface area contributed by atoms with Gasteiger partial charge in [-0.05, 0) is 38.5 Å². The number of carbonyl (C=O) groups is 1. The van der Waals surface area contributed by atoms with Crippen LogP contribution in [0.3, 0.4) is 0 Å². The molecule has 0 aliphatic carbocycles. The van der Waals surface area contributed by atoms with Crippen LogP contribution < -0.4 is 0 Å². The average Bonchev–Trinajstić information content (AvgIpc) is 3.32. The maximum atomic E-state index is 13.0. The average molecular weight is 961 g/mol. The topological polar surface area (TPSA) is 214 Å². The van der Waals surface area contributed by atoms with Crippen molar-refractivity contribution in [3.05, 3.63) is 12.2 Å². The fourth-order valence-electron chi connectivity index (χ4n) is 8.81. The van der Waals surface area contributed by atoms with Crippen molar-refractivity contribution in [2.45, 2.75) is 287 Å². The molecule has 396 valence electrons.